The summed E-state index contributed by atoms with van der Waals surface area (Å²) in [6.45, 7) is 4.69. The van der Waals surface area contributed by atoms with Crippen molar-refractivity contribution < 1.29 is 13.2 Å². The Bertz CT molecular complexity index is 333. The molecule has 0 aliphatic rings. The predicted octanol–water partition coefficient (Wildman–Crippen LogP) is 3.77. The van der Waals surface area contributed by atoms with Crippen LogP contribution in [-0.4, -0.2) is 6.54 Å². The average Bonchev–Trinajstić information content (AvgIpc) is 2.25. The molecule has 0 amide bonds. The highest BCUT2D eigenvalue weighted by molar-refractivity contribution is 5.27. The Morgan fingerprint density at radius 3 is 2.56 bits per heavy atom. The van der Waals surface area contributed by atoms with Gasteiger partial charge in [-0.2, -0.15) is 13.2 Å². The third-order valence-electron chi connectivity index (χ3n) is 2.41. The summed E-state index contributed by atoms with van der Waals surface area (Å²) < 4.78 is 37.4. The van der Waals surface area contributed by atoms with Crippen LogP contribution in [0.1, 0.15) is 37.4 Å². The van der Waals surface area contributed by atoms with Gasteiger partial charge in [0.25, 0.3) is 0 Å². The number of halogens is 3. The lowest BCUT2D eigenvalue weighted by atomic mass is 10.0. The molecule has 1 rings (SSSR count). The highest BCUT2D eigenvalue weighted by Crippen LogP contribution is 2.30. The molecule has 0 spiro atoms. The summed E-state index contributed by atoms with van der Waals surface area (Å²) in [5.74, 6) is 0. The summed E-state index contributed by atoms with van der Waals surface area (Å²) in [5, 5.41) is 3.16. The van der Waals surface area contributed by atoms with Crippen LogP contribution in [0, 0.1) is 0 Å². The summed E-state index contributed by atoms with van der Waals surface area (Å²) in [5.41, 5.74) is 0.0819. The molecule has 1 nitrogen and oxygen atoms in total. The zero-order chi connectivity index (χ0) is 12.2. The first-order valence-corrected chi connectivity index (χ1v) is 5.35. The van der Waals surface area contributed by atoms with Gasteiger partial charge in [0, 0.05) is 6.04 Å². The smallest absolute Gasteiger partial charge is 0.310 e. The summed E-state index contributed by atoms with van der Waals surface area (Å²) in [6, 6.07) is 5.40. The first-order valence-electron chi connectivity index (χ1n) is 5.35. The number of alkyl halides is 3. The van der Waals surface area contributed by atoms with Gasteiger partial charge in [0.1, 0.15) is 0 Å². The van der Waals surface area contributed by atoms with E-state index in [-0.39, 0.29) is 6.04 Å². The van der Waals surface area contributed by atoms with E-state index in [0.29, 0.717) is 5.56 Å². The van der Waals surface area contributed by atoms with E-state index >= 15 is 0 Å². The molecule has 0 aliphatic heterocycles. The van der Waals surface area contributed by atoms with Crippen LogP contribution in [0.25, 0.3) is 0 Å². The summed E-state index contributed by atoms with van der Waals surface area (Å²) in [4.78, 5) is 0. The van der Waals surface area contributed by atoms with Gasteiger partial charge >= 0.3 is 6.18 Å². The molecule has 0 heterocycles. The molecule has 0 aromatic heterocycles. The molecule has 90 valence electrons. The molecule has 1 unspecified atom stereocenters. The van der Waals surface area contributed by atoms with Crippen molar-refractivity contribution in [3.05, 3.63) is 35.4 Å². The van der Waals surface area contributed by atoms with Crippen molar-refractivity contribution >= 4 is 0 Å². The number of nitrogens with one attached hydrogen (secondary N) is 1. The van der Waals surface area contributed by atoms with Crippen molar-refractivity contribution in [2.75, 3.05) is 6.54 Å². The van der Waals surface area contributed by atoms with Gasteiger partial charge in [-0.1, -0.05) is 19.1 Å². The minimum atomic E-state index is -4.26. The Morgan fingerprint density at radius 2 is 2.00 bits per heavy atom. The van der Waals surface area contributed by atoms with Gasteiger partial charge in [0.05, 0.1) is 5.56 Å². The third kappa shape index (κ3) is 3.52. The molecule has 16 heavy (non-hydrogen) atoms. The Balaban J connectivity index is 2.82. The number of benzene rings is 1. The van der Waals surface area contributed by atoms with E-state index in [2.05, 4.69) is 5.32 Å². The number of rotatable bonds is 4. The van der Waals surface area contributed by atoms with Crippen molar-refractivity contribution in [1.29, 1.82) is 0 Å². The fraction of sp³-hybridized carbons (Fsp3) is 0.500. The molecule has 0 radical (unpaired) electrons. The van der Waals surface area contributed by atoms with Crippen molar-refractivity contribution in [2.24, 2.45) is 0 Å². The van der Waals surface area contributed by atoms with Crippen molar-refractivity contribution in [1.82, 2.24) is 5.32 Å². The standard InChI is InChI=1S/C12H16F3N/c1-3-7-16-9(2)10-5-4-6-11(8-10)12(13,14)15/h4-6,8-9,16H,3,7H2,1-2H3. The molecule has 0 saturated heterocycles. The minimum Gasteiger partial charge on any atom is -0.310 e. The lowest BCUT2D eigenvalue weighted by Crippen LogP contribution is -2.19. The predicted molar refractivity (Wildman–Crippen MR) is 58.2 cm³/mol. The quantitative estimate of drug-likeness (QED) is 0.831. The van der Waals surface area contributed by atoms with E-state index in [4.69, 9.17) is 0 Å². The maximum Gasteiger partial charge on any atom is 0.416 e. The van der Waals surface area contributed by atoms with Crippen LogP contribution >= 0.6 is 0 Å². The first kappa shape index (κ1) is 13.0. The van der Waals surface area contributed by atoms with Gasteiger partial charge in [-0.05, 0) is 37.6 Å². The van der Waals surface area contributed by atoms with Crippen LogP contribution < -0.4 is 5.32 Å². The molecule has 1 aromatic carbocycles. The number of hydrogen-bond acceptors (Lipinski definition) is 1. The van der Waals surface area contributed by atoms with Crippen LogP contribution in [0.15, 0.2) is 24.3 Å². The van der Waals surface area contributed by atoms with Crippen LogP contribution in [0.2, 0.25) is 0 Å². The lowest BCUT2D eigenvalue weighted by Gasteiger charge is -2.15. The largest absolute Gasteiger partial charge is 0.416 e. The van der Waals surface area contributed by atoms with E-state index < -0.39 is 11.7 Å². The van der Waals surface area contributed by atoms with Crippen LogP contribution in [0.3, 0.4) is 0 Å². The van der Waals surface area contributed by atoms with E-state index in [1.54, 1.807) is 6.07 Å². The Hall–Kier alpha value is -1.03. The van der Waals surface area contributed by atoms with Crippen LogP contribution in [0.4, 0.5) is 13.2 Å². The van der Waals surface area contributed by atoms with Gasteiger partial charge < -0.3 is 5.32 Å². The summed E-state index contributed by atoms with van der Waals surface area (Å²) >= 11 is 0. The van der Waals surface area contributed by atoms with Gasteiger partial charge in [-0.25, -0.2) is 0 Å². The second-order valence-corrected chi connectivity index (χ2v) is 3.80. The second kappa shape index (κ2) is 5.34. The monoisotopic (exact) mass is 231 g/mol. The normalized spacial score (nSPS) is 13.8. The van der Waals surface area contributed by atoms with E-state index in [0.717, 1.165) is 19.0 Å². The van der Waals surface area contributed by atoms with E-state index in [9.17, 15) is 13.2 Å². The Labute approximate surface area is 93.7 Å². The van der Waals surface area contributed by atoms with Crippen molar-refractivity contribution in [3.8, 4) is 0 Å². The van der Waals surface area contributed by atoms with Crippen LogP contribution in [0.5, 0.6) is 0 Å². The molecular formula is C12H16F3N. The fourth-order valence-corrected chi connectivity index (χ4v) is 1.46. The number of hydrogen-bond donors (Lipinski definition) is 1. The Kier molecular flexibility index (Phi) is 4.35. The SMILES string of the molecule is CCCNC(C)c1cccc(C(F)(F)F)c1. The summed E-state index contributed by atoms with van der Waals surface area (Å²) in [6.07, 6.45) is -3.30. The Morgan fingerprint density at radius 1 is 1.31 bits per heavy atom. The molecule has 0 saturated carbocycles. The second-order valence-electron chi connectivity index (χ2n) is 3.80. The van der Waals surface area contributed by atoms with Gasteiger partial charge in [-0.3, -0.25) is 0 Å². The first-order chi connectivity index (χ1) is 7.45. The molecule has 0 fully saturated rings. The highest BCUT2D eigenvalue weighted by Gasteiger charge is 2.30. The third-order valence-corrected chi connectivity index (χ3v) is 2.41. The average molecular weight is 231 g/mol. The summed E-state index contributed by atoms with van der Waals surface area (Å²) in [7, 11) is 0. The van der Waals surface area contributed by atoms with E-state index in [1.165, 1.54) is 12.1 Å². The topological polar surface area (TPSA) is 12.0 Å². The fourth-order valence-electron chi connectivity index (χ4n) is 1.46. The van der Waals surface area contributed by atoms with Crippen LogP contribution in [-0.2, 0) is 6.18 Å². The van der Waals surface area contributed by atoms with E-state index in [1.807, 2.05) is 13.8 Å². The lowest BCUT2D eigenvalue weighted by molar-refractivity contribution is -0.137. The molecule has 1 aromatic rings. The maximum absolute atomic E-state index is 12.5. The van der Waals surface area contributed by atoms with Gasteiger partial charge in [0.15, 0.2) is 0 Å². The minimum absolute atomic E-state index is 0.0535. The zero-order valence-electron chi connectivity index (χ0n) is 9.43. The molecule has 1 N–H and O–H groups in total. The van der Waals surface area contributed by atoms with Crippen molar-refractivity contribution in [3.63, 3.8) is 0 Å². The molecule has 0 bridgehead atoms. The molecule has 4 heteroatoms. The van der Waals surface area contributed by atoms with Gasteiger partial charge in [0.2, 0.25) is 0 Å². The molecule has 0 aliphatic carbocycles. The molecule has 1 atom stereocenters. The highest BCUT2D eigenvalue weighted by atomic mass is 19.4. The zero-order valence-corrected chi connectivity index (χ0v) is 9.43. The molecular weight excluding hydrogens is 215 g/mol. The van der Waals surface area contributed by atoms with Crippen molar-refractivity contribution in [2.45, 2.75) is 32.5 Å². The maximum atomic E-state index is 12.5. The van der Waals surface area contributed by atoms with Gasteiger partial charge in [-0.15, -0.1) is 0 Å².